The number of benzene rings is 2. The van der Waals surface area contributed by atoms with Gasteiger partial charge >= 0.3 is 0 Å². The maximum atomic E-state index is 12.6. The predicted octanol–water partition coefficient (Wildman–Crippen LogP) is 4.74. The van der Waals surface area contributed by atoms with Gasteiger partial charge in [-0.25, -0.2) is 4.68 Å². The van der Waals surface area contributed by atoms with Crippen molar-refractivity contribution in [2.24, 2.45) is 0 Å². The molecule has 25 heavy (non-hydrogen) atoms. The second-order valence-corrected chi connectivity index (χ2v) is 6.11. The Bertz CT molecular complexity index is 959. The number of halogens is 1. The molecule has 0 spiro atoms. The van der Waals surface area contributed by atoms with Crippen molar-refractivity contribution in [3.8, 4) is 11.4 Å². The van der Waals surface area contributed by atoms with Gasteiger partial charge in [-0.2, -0.15) is 5.10 Å². The fourth-order valence-corrected chi connectivity index (χ4v) is 2.89. The van der Waals surface area contributed by atoms with E-state index in [1.165, 1.54) is 12.1 Å². The van der Waals surface area contributed by atoms with Crippen LogP contribution >= 0.6 is 11.6 Å². The molecule has 0 bridgehead atoms. The molecule has 0 atom stereocenters. The summed E-state index contributed by atoms with van der Waals surface area (Å²) in [5.74, 6) is -0.109. The van der Waals surface area contributed by atoms with Gasteiger partial charge in [-0.1, -0.05) is 41.9 Å². The molecule has 1 heterocycles. The number of phenols is 1. The van der Waals surface area contributed by atoms with Crippen LogP contribution in [0.2, 0.25) is 5.02 Å². The van der Waals surface area contributed by atoms with Crippen molar-refractivity contribution in [3.05, 3.63) is 82.1 Å². The highest BCUT2D eigenvalue weighted by atomic mass is 35.5. The van der Waals surface area contributed by atoms with E-state index in [0.717, 1.165) is 16.9 Å². The van der Waals surface area contributed by atoms with Gasteiger partial charge in [-0.3, -0.25) is 4.79 Å². The van der Waals surface area contributed by atoms with E-state index in [0.29, 0.717) is 11.3 Å². The van der Waals surface area contributed by atoms with Gasteiger partial charge in [0.05, 0.1) is 27.7 Å². The minimum Gasteiger partial charge on any atom is -0.506 e. The Kier molecular flexibility index (Phi) is 4.72. The van der Waals surface area contributed by atoms with Crippen LogP contribution in [-0.4, -0.2) is 20.7 Å². The summed E-state index contributed by atoms with van der Waals surface area (Å²) in [6.07, 6.45) is 3.17. The van der Waals surface area contributed by atoms with E-state index in [4.69, 9.17) is 11.6 Å². The van der Waals surface area contributed by atoms with Crippen molar-refractivity contribution in [1.82, 2.24) is 9.78 Å². The number of para-hydroxylation sites is 1. The Morgan fingerprint density at radius 1 is 1.16 bits per heavy atom. The summed E-state index contributed by atoms with van der Waals surface area (Å²) in [4.78, 5) is 12.6. The average molecular weight is 353 g/mol. The first-order chi connectivity index (χ1) is 12.0. The lowest BCUT2D eigenvalue weighted by molar-refractivity contribution is 0.104. The molecular weight excluding hydrogens is 336 g/mol. The fraction of sp³-hybridized carbons (Fsp3) is 0.100. The molecular formula is C20H17ClN2O2. The molecule has 1 aromatic heterocycles. The number of aromatic nitrogens is 2. The molecule has 4 nitrogen and oxygen atoms in total. The Labute approximate surface area is 151 Å². The lowest BCUT2D eigenvalue weighted by Gasteiger charge is -2.04. The first kappa shape index (κ1) is 17.0. The van der Waals surface area contributed by atoms with Crippen LogP contribution in [0, 0.1) is 13.8 Å². The maximum Gasteiger partial charge on any atom is 0.189 e. The van der Waals surface area contributed by atoms with Crippen LogP contribution < -0.4 is 0 Å². The SMILES string of the molecule is Cc1nn(-c2ccccc2)c(C)c1C(=O)/C=C/c1ccc(O)c(Cl)c1. The van der Waals surface area contributed by atoms with E-state index in [1.54, 1.807) is 22.9 Å². The third-order valence-electron chi connectivity index (χ3n) is 3.94. The van der Waals surface area contributed by atoms with Gasteiger partial charge in [-0.05, 0) is 49.8 Å². The second-order valence-electron chi connectivity index (χ2n) is 5.70. The molecule has 0 radical (unpaired) electrons. The van der Waals surface area contributed by atoms with Crippen molar-refractivity contribution in [2.45, 2.75) is 13.8 Å². The Morgan fingerprint density at radius 3 is 2.56 bits per heavy atom. The number of aromatic hydroxyl groups is 1. The topological polar surface area (TPSA) is 55.1 Å². The number of carbonyl (C=O) groups is 1. The highest BCUT2D eigenvalue weighted by molar-refractivity contribution is 6.32. The summed E-state index contributed by atoms with van der Waals surface area (Å²) in [7, 11) is 0. The van der Waals surface area contributed by atoms with Gasteiger partial charge < -0.3 is 5.11 Å². The lowest BCUT2D eigenvalue weighted by Crippen LogP contribution is -2.01. The van der Waals surface area contributed by atoms with Crippen LogP contribution in [0.3, 0.4) is 0 Å². The summed E-state index contributed by atoms with van der Waals surface area (Å²) in [6.45, 7) is 3.70. The van der Waals surface area contributed by atoms with Gasteiger partial charge in [0, 0.05) is 0 Å². The number of rotatable bonds is 4. The number of nitrogens with zero attached hydrogens (tertiary/aromatic N) is 2. The molecule has 0 unspecified atom stereocenters. The van der Waals surface area contributed by atoms with E-state index >= 15 is 0 Å². The Balaban J connectivity index is 1.91. The zero-order chi connectivity index (χ0) is 18.0. The van der Waals surface area contributed by atoms with Crippen LogP contribution in [0.15, 0.2) is 54.6 Å². The van der Waals surface area contributed by atoms with Gasteiger partial charge in [0.1, 0.15) is 5.75 Å². The normalized spacial score (nSPS) is 11.2. The van der Waals surface area contributed by atoms with E-state index in [2.05, 4.69) is 5.10 Å². The van der Waals surface area contributed by atoms with Crippen LogP contribution in [0.1, 0.15) is 27.3 Å². The summed E-state index contributed by atoms with van der Waals surface area (Å²) >= 11 is 5.89. The van der Waals surface area contributed by atoms with Crippen molar-refractivity contribution >= 4 is 23.5 Å². The van der Waals surface area contributed by atoms with Gasteiger partial charge in [0.25, 0.3) is 0 Å². The number of allylic oxidation sites excluding steroid dienone is 1. The molecule has 0 saturated carbocycles. The smallest absolute Gasteiger partial charge is 0.189 e. The lowest BCUT2D eigenvalue weighted by atomic mass is 10.1. The van der Waals surface area contributed by atoms with E-state index in [9.17, 15) is 9.90 Å². The molecule has 0 aliphatic heterocycles. The number of hydrogen-bond acceptors (Lipinski definition) is 3. The molecule has 5 heteroatoms. The minimum atomic E-state index is -0.124. The Morgan fingerprint density at radius 2 is 1.88 bits per heavy atom. The second kappa shape index (κ2) is 6.95. The van der Waals surface area contributed by atoms with Gasteiger partial charge in [0.15, 0.2) is 5.78 Å². The maximum absolute atomic E-state index is 12.6. The molecule has 2 aromatic carbocycles. The largest absolute Gasteiger partial charge is 0.506 e. The molecule has 3 rings (SSSR count). The monoisotopic (exact) mass is 352 g/mol. The Hall–Kier alpha value is -2.85. The van der Waals surface area contributed by atoms with Crippen molar-refractivity contribution in [1.29, 1.82) is 0 Å². The van der Waals surface area contributed by atoms with Gasteiger partial charge in [-0.15, -0.1) is 0 Å². The molecule has 0 amide bonds. The zero-order valence-corrected chi connectivity index (χ0v) is 14.7. The van der Waals surface area contributed by atoms with Crippen LogP contribution in [0.25, 0.3) is 11.8 Å². The fourth-order valence-electron chi connectivity index (χ4n) is 2.70. The molecule has 126 valence electrons. The third-order valence-corrected chi connectivity index (χ3v) is 4.24. The van der Waals surface area contributed by atoms with E-state index < -0.39 is 0 Å². The van der Waals surface area contributed by atoms with E-state index in [1.807, 2.05) is 44.2 Å². The van der Waals surface area contributed by atoms with Crippen molar-refractivity contribution < 1.29 is 9.90 Å². The first-order valence-electron chi connectivity index (χ1n) is 7.80. The molecule has 0 saturated heterocycles. The number of ketones is 1. The van der Waals surface area contributed by atoms with Crippen molar-refractivity contribution in [3.63, 3.8) is 0 Å². The summed E-state index contributed by atoms with van der Waals surface area (Å²) in [5.41, 5.74) is 3.71. The number of carbonyl (C=O) groups excluding carboxylic acids is 1. The van der Waals surface area contributed by atoms with Crippen LogP contribution in [-0.2, 0) is 0 Å². The van der Waals surface area contributed by atoms with E-state index in [-0.39, 0.29) is 16.6 Å². The van der Waals surface area contributed by atoms with Crippen molar-refractivity contribution in [2.75, 3.05) is 0 Å². The summed E-state index contributed by atoms with van der Waals surface area (Å²) in [6, 6.07) is 14.5. The van der Waals surface area contributed by atoms with Crippen LogP contribution in [0.5, 0.6) is 5.75 Å². The highest BCUT2D eigenvalue weighted by Gasteiger charge is 2.17. The predicted molar refractivity (Wildman–Crippen MR) is 99.5 cm³/mol. The molecule has 0 fully saturated rings. The minimum absolute atomic E-state index is 0.0148. The molecule has 1 N–H and O–H groups in total. The third kappa shape index (κ3) is 3.49. The highest BCUT2D eigenvalue weighted by Crippen LogP contribution is 2.24. The zero-order valence-electron chi connectivity index (χ0n) is 13.9. The molecule has 3 aromatic rings. The quantitative estimate of drug-likeness (QED) is 0.544. The number of phenolic OH excluding ortho intramolecular Hbond substituents is 1. The number of hydrogen-bond donors (Lipinski definition) is 1. The summed E-state index contributed by atoms with van der Waals surface area (Å²) < 4.78 is 1.77. The molecule has 0 aliphatic carbocycles. The van der Waals surface area contributed by atoms with Crippen LogP contribution in [0.4, 0.5) is 0 Å². The standard InChI is InChI=1S/C20H17ClN2O2/c1-13-20(14(2)23(22-13)16-6-4-3-5-7-16)19(25)11-9-15-8-10-18(24)17(21)12-15/h3-12,24H,1-2H3/b11-9+. The average Bonchev–Trinajstić information content (AvgIpc) is 2.91. The molecule has 0 aliphatic rings. The first-order valence-corrected chi connectivity index (χ1v) is 8.17. The summed E-state index contributed by atoms with van der Waals surface area (Å²) in [5, 5.41) is 14.2. The number of aryl methyl sites for hydroxylation is 1. The van der Waals surface area contributed by atoms with Gasteiger partial charge in [0.2, 0.25) is 0 Å².